The third-order valence-corrected chi connectivity index (χ3v) is 3.27. The van der Waals surface area contributed by atoms with E-state index in [0.29, 0.717) is 17.9 Å². The smallest absolute Gasteiger partial charge is 0.237 e. The van der Waals surface area contributed by atoms with Gasteiger partial charge in [0, 0.05) is 12.1 Å². The zero-order chi connectivity index (χ0) is 12.1. The Morgan fingerprint density at radius 3 is 2.50 bits per heavy atom. The molecule has 86 valence electrons. The fourth-order valence-electron chi connectivity index (χ4n) is 2.37. The fraction of sp³-hybridized carbons (Fsp3) is 0.417. The van der Waals surface area contributed by atoms with Crippen LogP contribution in [0.3, 0.4) is 0 Å². The first-order chi connectivity index (χ1) is 7.41. The third kappa shape index (κ3) is 1.13. The Morgan fingerprint density at radius 2 is 1.94 bits per heavy atom. The Hall–Kier alpha value is -1.71. The second-order valence-electron chi connectivity index (χ2n) is 4.64. The van der Waals surface area contributed by atoms with E-state index in [4.69, 9.17) is 11.5 Å². The highest BCUT2D eigenvalue weighted by atomic mass is 16.2. The number of carbonyl (C=O) groups excluding carboxylic acids is 1. The normalized spacial score (nSPS) is 17.7. The van der Waals surface area contributed by atoms with Crippen molar-refractivity contribution in [1.82, 2.24) is 0 Å². The van der Waals surface area contributed by atoms with E-state index >= 15 is 0 Å². The number of rotatable bonds is 1. The van der Waals surface area contributed by atoms with E-state index in [1.807, 2.05) is 26.8 Å². The number of amides is 1. The van der Waals surface area contributed by atoms with E-state index in [1.54, 1.807) is 11.0 Å². The maximum Gasteiger partial charge on any atom is 0.237 e. The van der Waals surface area contributed by atoms with Gasteiger partial charge in [0.05, 0.1) is 22.5 Å². The summed E-state index contributed by atoms with van der Waals surface area (Å²) in [5.74, 6) is 0.0855. The zero-order valence-electron chi connectivity index (χ0n) is 9.87. The van der Waals surface area contributed by atoms with E-state index in [0.717, 1.165) is 11.3 Å². The van der Waals surface area contributed by atoms with Crippen LogP contribution in [0.4, 0.5) is 17.1 Å². The lowest BCUT2D eigenvalue weighted by atomic mass is 9.84. The van der Waals surface area contributed by atoms with Gasteiger partial charge in [-0.2, -0.15) is 0 Å². The molecule has 1 aromatic carbocycles. The first-order valence-electron chi connectivity index (χ1n) is 5.41. The Morgan fingerprint density at radius 1 is 1.31 bits per heavy atom. The summed E-state index contributed by atoms with van der Waals surface area (Å²) < 4.78 is 0. The summed E-state index contributed by atoms with van der Waals surface area (Å²) in [6.07, 6.45) is 0. The Labute approximate surface area is 95.2 Å². The standard InChI is InChI=1S/C12H17N3O/c1-4-15-8-6-5-7(13)10(14)9(8)12(2,3)11(15)16/h5-6H,4,13-14H2,1-3H3. The van der Waals surface area contributed by atoms with Crippen LogP contribution in [0.1, 0.15) is 26.3 Å². The van der Waals surface area contributed by atoms with Gasteiger partial charge in [0.15, 0.2) is 0 Å². The van der Waals surface area contributed by atoms with Crippen molar-refractivity contribution in [1.29, 1.82) is 0 Å². The molecular weight excluding hydrogens is 202 g/mol. The Bertz CT molecular complexity index is 466. The molecule has 16 heavy (non-hydrogen) atoms. The Kier molecular flexibility index (Phi) is 2.12. The molecule has 1 aromatic rings. The van der Waals surface area contributed by atoms with Crippen LogP contribution in [-0.2, 0) is 10.2 Å². The molecule has 2 rings (SSSR count). The average molecular weight is 219 g/mol. The maximum atomic E-state index is 12.2. The van der Waals surface area contributed by atoms with Gasteiger partial charge in [-0.3, -0.25) is 4.79 Å². The van der Waals surface area contributed by atoms with Gasteiger partial charge in [0.25, 0.3) is 0 Å². The predicted molar refractivity (Wildman–Crippen MR) is 66.3 cm³/mol. The second-order valence-corrected chi connectivity index (χ2v) is 4.64. The van der Waals surface area contributed by atoms with Gasteiger partial charge in [0.1, 0.15) is 0 Å². The van der Waals surface area contributed by atoms with Crippen molar-refractivity contribution in [3.8, 4) is 0 Å². The quantitative estimate of drug-likeness (QED) is 0.703. The molecular formula is C12H17N3O. The lowest BCUT2D eigenvalue weighted by Crippen LogP contribution is -2.36. The molecule has 0 atom stereocenters. The number of fused-ring (bicyclic) bond motifs is 1. The number of nitrogens with two attached hydrogens (primary N) is 2. The molecule has 0 fully saturated rings. The molecule has 4 heteroatoms. The van der Waals surface area contributed by atoms with Crippen molar-refractivity contribution in [2.75, 3.05) is 22.9 Å². The molecule has 0 aliphatic carbocycles. The lowest BCUT2D eigenvalue weighted by Gasteiger charge is -2.19. The molecule has 0 radical (unpaired) electrons. The third-order valence-electron chi connectivity index (χ3n) is 3.27. The number of anilines is 3. The predicted octanol–water partition coefficient (Wildman–Crippen LogP) is 1.50. The molecule has 1 amide bonds. The number of likely N-dealkylation sites (N-methyl/N-ethyl adjacent to an activating group) is 1. The monoisotopic (exact) mass is 219 g/mol. The van der Waals surface area contributed by atoms with Crippen LogP contribution in [0.25, 0.3) is 0 Å². The summed E-state index contributed by atoms with van der Waals surface area (Å²) in [4.78, 5) is 14.0. The van der Waals surface area contributed by atoms with Crippen molar-refractivity contribution in [2.45, 2.75) is 26.2 Å². The lowest BCUT2D eigenvalue weighted by molar-refractivity contribution is -0.122. The van der Waals surface area contributed by atoms with Crippen LogP contribution >= 0.6 is 0 Å². The van der Waals surface area contributed by atoms with E-state index < -0.39 is 5.41 Å². The van der Waals surface area contributed by atoms with Crippen molar-refractivity contribution >= 4 is 23.0 Å². The number of nitrogen functional groups attached to an aromatic ring is 2. The minimum Gasteiger partial charge on any atom is -0.397 e. The van der Waals surface area contributed by atoms with Crippen molar-refractivity contribution in [2.24, 2.45) is 0 Å². The molecule has 0 saturated carbocycles. The molecule has 1 aliphatic heterocycles. The minimum atomic E-state index is -0.579. The van der Waals surface area contributed by atoms with Crippen LogP contribution < -0.4 is 16.4 Å². The molecule has 4 nitrogen and oxygen atoms in total. The number of benzene rings is 1. The van der Waals surface area contributed by atoms with Crippen LogP contribution in [0.5, 0.6) is 0 Å². The van der Waals surface area contributed by atoms with E-state index in [9.17, 15) is 4.79 Å². The maximum absolute atomic E-state index is 12.2. The van der Waals surface area contributed by atoms with Gasteiger partial charge < -0.3 is 16.4 Å². The van der Waals surface area contributed by atoms with E-state index in [1.165, 1.54) is 0 Å². The zero-order valence-corrected chi connectivity index (χ0v) is 9.87. The van der Waals surface area contributed by atoms with Gasteiger partial charge >= 0.3 is 0 Å². The summed E-state index contributed by atoms with van der Waals surface area (Å²) in [5.41, 5.74) is 14.0. The SMILES string of the molecule is CCN1C(=O)C(C)(C)c2c1ccc(N)c2N. The molecule has 0 spiro atoms. The number of hydrogen-bond acceptors (Lipinski definition) is 3. The van der Waals surface area contributed by atoms with Crippen molar-refractivity contribution in [3.05, 3.63) is 17.7 Å². The van der Waals surface area contributed by atoms with Crippen LogP contribution in [-0.4, -0.2) is 12.5 Å². The summed E-state index contributed by atoms with van der Waals surface area (Å²) in [6.45, 7) is 6.38. The van der Waals surface area contributed by atoms with Crippen LogP contribution in [0.2, 0.25) is 0 Å². The van der Waals surface area contributed by atoms with Gasteiger partial charge in [-0.1, -0.05) is 0 Å². The first kappa shape index (κ1) is 10.8. The van der Waals surface area contributed by atoms with E-state index in [-0.39, 0.29) is 5.91 Å². The van der Waals surface area contributed by atoms with E-state index in [2.05, 4.69) is 0 Å². The number of carbonyl (C=O) groups is 1. The Balaban J connectivity index is 2.74. The highest BCUT2D eigenvalue weighted by Gasteiger charge is 2.44. The molecule has 0 saturated heterocycles. The fourth-order valence-corrected chi connectivity index (χ4v) is 2.37. The van der Waals surface area contributed by atoms with Gasteiger partial charge in [0.2, 0.25) is 5.91 Å². The van der Waals surface area contributed by atoms with Gasteiger partial charge in [-0.15, -0.1) is 0 Å². The van der Waals surface area contributed by atoms with Gasteiger partial charge in [-0.25, -0.2) is 0 Å². The topological polar surface area (TPSA) is 72.3 Å². The van der Waals surface area contributed by atoms with Gasteiger partial charge in [-0.05, 0) is 32.9 Å². The van der Waals surface area contributed by atoms with Crippen LogP contribution in [0.15, 0.2) is 12.1 Å². The summed E-state index contributed by atoms with van der Waals surface area (Å²) >= 11 is 0. The van der Waals surface area contributed by atoms with Crippen molar-refractivity contribution in [3.63, 3.8) is 0 Å². The molecule has 4 N–H and O–H groups in total. The summed E-state index contributed by atoms with van der Waals surface area (Å²) in [6, 6.07) is 3.63. The number of hydrogen-bond donors (Lipinski definition) is 2. The molecule has 0 unspecified atom stereocenters. The summed E-state index contributed by atoms with van der Waals surface area (Å²) in [5, 5.41) is 0. The summed E-state index contributed by atoms with van der Waals surface area (Å²) in [7, 11) is 0. The van der Waals surface area contributed by atoms with Crippen molar-refractivity contribution < 1.29 is 4.79 Å². The average Bonchev–Trinajstić information content (AvgIpc) is 2.42. The first-order valence-corrected chi connectivity index (χ1v) is 5.41. The second kappa shape index (κ2) is 3.14. The number of nitrogens with zero attached hydrogens (tertiary/aromatic N) is 1. The molecule has 0 aromatic heterocycles. The largest absolute Gasteiger partial charge is 0.397 e. The highest BCUT2D eigenvalue weighted by Crippen LogP contribution is 2.46. The minimum absolute atomic E-state index is 0.0855. The molecule has 1 heterocycles. The molecule has 1 aliphatic rings. The van der Waals surface area contributed by atoms with Crippen LogP contribution in [0, 0.1) is 0 Å². The molecule has 0 bridgehead atoms. The highest BCUT2D eigenvalue weighted by molar-refractivity contribution is 6.10.